The molecular formula is C31H31NO8S. The molecule has 1 heterocycles. The maximum Gasteiger partial charge on any atom is 0.371 e. The normalized spacial score (nSPS) is 12.3. The molecule has 0 fully saturated rings. The number of methoxy groups -OCH3 is 1. The maximum atomic E-state index is 14.4. The fourth-order valence-corrected chi connectivity index (χ4v) is 6.88. The third kappa shape index (κ3) is 6.18. The van der Waals surface area contributed by atoms with E-state index in [0.29, 0.717) is 44.9 Å². The zero-order valence-electron chi connectivity index (χ0n) is 23.1. The molecule has 41 heavy (non-hydrogen) atoms. The van der Waals surface area contributed by atoms with Crippen LogP contribution in [0.4, 0.5) is 0 Å². The van der Waals surface area contributed by atoms with E-state index in [1.54, 1.807) is 81.4 Å². The third-order valence-electron chi connectivity index (χ3n) is 7.06. The topological polar surface area (TPSA) is 134 Å². The van der Waals surface area contributed by atoms with Crippen LogP contribution in [-0.4, -0.2) is 48.0 Å². The average molecular weight is 578 g/mol. The summed E-state index contributed by atoms with van der Waals surface area (Å²) in [6, 6.07) is 18.7. The largest absolute Gasteiger partial charge is 0.496 e. The third-order valence-corrected chi connectivity index (χ3v) is 9.21. The number of hydrogen-bond donors (Lipinski definition) is 2. The predicted octanol–water partition coefficient (Wildman–Crippen LogP) is 5.47. The minimum absolute atomic E-state index is 0.0366. The van der Waals surface area contributed by atoms with Crippen LogP contribution in [-0.2, 0) is 27.8 Å². The van der Waals surface area contributed by atoms with E-state index in [2.05, 4.69) is 0 Å². The van der Waals surface area contributed by atoms with Gasteiger partial charge in [0.15, 0.2) is 0 Å². The first kappa shape index (κ1) is 29.6. The van der Waals surface area contributed by atoms with Crippen molar-refractivity contribution >= 4 is 22.0 Å². The van der Waals surface area contributed by atoms with Gasteiger partial charge in [0.2, 0.25) is 15.8 Å². The van der Waals surface area contributed by atoms with Crippen molar-refractivity contribution in [1.82, 2.24) is 4.31 Å². The Balaban J connectivity index is 1.79. The molecule has 4 rings (SSSR count). The van der Waals surface area contributed by atoms with Gasteiger partial charge in [0.25, 0.3) is 0 Å². The van der Waals surface area contributed by atoms with Gasteiger partial charge in [-0.25, -0.2) is 13.2 Å². The number of carbonyl (C=O) groups is 2. The molecule has 3 aromatic carbocycles. The second-order valence-corrected chi connectivity index (χ2v) is 11.6. The fraction of sp³-hybridized carbons (Fsp3) is 0.226. The first-order chi connectivity index (χ1) is 19.4. The van der Waals surface area contributed by atoms with Crippen molar-refractivity contribution in [1.29, 1.82) is 0 Å². The van der Waals surface area contributed by atoms with Crippen molar-refractivity contribution in [2.75, 3.05) is 7.11 Å². The molecule has 0 amide bonds. The van der Waals surface area contributed by atoms with Crippen molar-refractivity contribution in [2.24, 2.45) is 0 Å². The second kappa shape index (κ2) is 12.0. The first-order valence-corrected chi connectivity index (χ1v) is 14.2. The number of benzene rings is 3. The monoisotopic (exact) mass is 577 g/mol. The van der Waals surface area contributed by atoms with E-state index in [-0.39, 0.29) is 23.6 Å². The zero-order chi connectivity index (χ0) is 29.9. The Morgan fingerprint density at radius 2 is 1.56 bits per heavy atom. The summed E-state index contributed by atoms with van der Waals surface area (Å²) in [5.41, 5.74) is 3.39. The summed E-state index contributed by atoms with van der Waals surface area (Å²) in [6.45, 7) is 4.90. The first-order valence-electron chi connectivity index (χ1n) is 12.8. The number of hydrogen-bond acceptors (Lipinski definition) is 6. The van der Waals surface area contributed by atoms with Gasteiger partial charge in [-0.05, 0) is 73.2 Å². The van der Waals surface area contributed by atoms with Crippen LogP contribution in [0, 0.1) is 20.8 Å². The number of ether oxygens (including phenoxy) is 1. The molecule has 0 spiro atoms. The number of furan rings is 1. The average Bonchev–Trinajstić information content (AvgIpc) is 3.44. The lowest BCUT2D eigenvalue weighted by atomic mass is 10.1. The number of aromatic carboxylic acids is 1. The number of rotatable bonds is 11. The highest BCUT2D eigenvalue weighted by molar-refractivity contribution is 7.89. The number of aliphatic carboxylic acids is 1. The van der Waals surface area contributed by atoms with Gasteiger partial charge in [0, 0.05) is 12.1 Å². The second-order valence-electron chi connectivity index (χ2n) is 9.73. The summed E-state index contributed by atoms with van der Waals surface area (Å²) < 4.78 is 40.6. The molecule has 214 valence electrons. The Morgan fingerprint density at radius 3 is 2.12 bits per heavy atom. The van der Waals surface area contributed by atoms with Gasteiger partial charge in [-0.1, -0.05) is 54.6 Å². The van der Waals surface area contributed by atoms with E-state index in [0.717, 1.165) is 4.31 Å². The predicted molar refractivity (Wildman–Crippen MR) is 153 cm³/mol. The molecule has 0 aliphatic carbocycles. The van der Waals surface area contributed by atoms with E-state index < -0.39 is 28.0 Å². The van der Waals surface area contributed by atoms with Crippen LogP contribution in [0.25, 0.3) is 11.3 Å². The van der Waals surface area contributed by atoms with Crippen LogP contribution >= 0.6 is 0 Å². The van der Waals surface area contributed by atoms with Gasteiger partial charge in [-0.15, -0.1) is 0 Å². The van der Waals surface area contributed by atoms with Crippen LogP contribution in [0.15, 0.2) is 82.1 Å². The molecular weight excluding hydrogens is 546 g/mol. The minimum Gasteiger partial charge on any atom is -0.496 e. The Bertz CT molecular complexity index is 1680. The Labute approximate surface area is 238 Å². The molecule has 9 nitrogen and oxygen atoms in total. The van der Waals surface area contributed by atoms with Crippen LogP contribution in [0.5, 0.6) is 5.75 Å². The van der Waals surface area contributed by atoms with Gasteiger partial charge < -0.3 is 19.4 Å². The molecule has 0 radical (unpaired) electrons. The molecule has 0 bridgehead atoms. The van der Waals surface area contributed by atoms with E-state index in [1.165, 1.54) is 19.2 Å². The molecule has 4 aromatic rings. The Hall–Kier alpha value is -4.41. The van der Waals surface area contributed by atoms with Crippen LogP contribution in [0.1, 0.15) is 38.4 Å². The highest BCUT2D eigenvalue weighted by Crippen LogP contribution is 2.34. The van der Waals surface area contributed by atoms with Crippen molar-refractivity contribution in [3.63, 3.8) is 0 Å². The quantitative estimate of drug-likeness (QED) is 0.240. The molecule has 0 saturated heterocycles. The molecule has 10 heteroatoms. The number of carboxylic acids is 2. The summed E-state index contributed by atoms with van der Waals surface area (Å²) in [5.74, 6) is -1.78. The molecule has 0 saturated carbocycles. The zero-order valence-corrected chi connectivity index (χ0v) is 23.9. The number of sulfonamides is 1. The van der Waals surface area contributed by atoms with Crippen LogP contribution in [0.3, 0.4) is 0 Å². The van der Waals surface area contributed by atoms with Gasteiger partial charge in [0.05, 0.1) is 12.0 Å². The van der Waals surface area contributed by atoms with E-state index in [9.17, 15) is 23.1 Å². The van der Waals surface area contributed by atoms with E-state index in [1.807, 2.05) is 0 Å². The lowest BCUT2D eigenvalue weighted by Crippen LogP contribution is -2.46. The van der Waals surface area contributed by atoms with E-state index >= 15 is 0 Å². The van der Waals surface area contributed by atoms with Gasteiger partial charge in [-0.3, -0.25) is 4.79 Å². The molecule has 1 unspecified atom stereocenters. The van der Waals surface area contributed by atoms with Gasteiger partial charge in [0.1, 0.15) is 17.6 Å². The summed E-state index contributed by atoms with van der Waals surface area (Å²) >= 11 is 0. The van der Waals surface area contributed by atoms with Crippen LogP contribution < -0.4 is 4.74 Å². The lowest BCUT2D eigenvalue weighted by molar-refractivity contribution is -0.141. The molecule has 2 N–H and O–H groups in total. The fourth-order valence-electron chi connectivity index (χ4n) is 4.82. The van der Waals surface area contributed by atoms with Crippen LogP contribution in [0.2, 0.25) is 0 Å². The number of nitrogens with zero attached hydrogens (tertiary/aromatic N) is 1. The SMILES string of the molecule is COc1cc(C)c(S(=O)(=O)N(Cc2ccc(-c3ccc(C(=O)O)o3)cc2)C(Cc2ccccc2)C(=O)O)c(C)c1C. The summed E-state index contributed by atoms with van der Waals surface area (Å²) in [5, 5.41) is 19.5. The number of aryl methyl sites for hydroxylation is 1. The van der Waals surface area contributed by atoms with Crippen molar-refractivity contribution in [3.05, 3.63) is 106 Å². The van der Waals surface area contributed by atoms with Crippen molar-refractivity contribution < 1.29 is 37.4 Å². The summed E-state index contributed by atoms with van der Waals surface area (Å²) in [7, 11) is -2.82. The van der Waals surface area contributed by atoms with Gasteiger partial charge >= 0.3 is 11.9 Å². The summed E-state index contributed by atoms with van der Waals surface area (Å²) in [6.07, 6.45) is -0.0366. The van der Waals surface area contributed by atoms with Crippen molar-refractivity contribution in [2.45, 2.75) is 44.7 Å². The Morgan fingerprint density at radius 1 is 0.902 bits per heavy atom. The lowest BCUT2D eigenvalue weighted by Gasteiger charge is -2.30. The molecule has 0 aliphatic heterocycles. The van der Waals surface area contributed by atoms with E-state index in [4.69, 9.17) is 14.3 Å². The molecule has 0 aliphatic rings. The minimum atomic E-state index is -4.33. The number of carboxylic acid groups (broad SMARTS) is 2. The molecule has 1 atom stereocenters. The van der Waals surface area contributed by atoms with Gasteiger partial charge in [-0.2, -0.15) is 4.31 Å². The smallest absolute Gasteiger partial charge is 0.371 e. The standard InChI is InChI=1S/C31H31NO8S/c1-19-16-28(39-4)20(2)21(3)29(19)41(37,38)32(25(30(33)34)17-22-8-6-5-7-9-22)18-23-10-12-24(13-11-23)26-14-15-27(40-26)31(35)36/h5-16,25H,17-18H2,1-4H3,(H,33,34)(H,35,36). The van der Waals surface area contributed by atoms with Crippen molar-refractivity contribution in [3.8, 4) is 17.1 Å². The molecule has 1 aromatic heterocycles. The maximum absolute atomic E-state index is 14.4. The summed E-state index contributed by atoms with van der Waals surface area (Å²) in [4.78, 5) is 23.9. The Kier molecular flexibility index (Phi) is 8.65. The highest BCUT2D eigenvalue weighted by atomic mass is 32.2. The highest BCUT2D eigenvalue weighted by Gasteiger charge is 2.38.